The summed E-state index contributed by atoms with van der Waals surface area (Å²) in [5.74, 6) is -3.77. The highest BCUT2D eigenvalue weighted by Gasteiger charge is 2.59. The number of hydrogen-bond donors (Lipinski definition) is 0. The number of ether oxygens (including phenoxy) is 2. The Bertz CT molecular complexity index is 586. The normalized spacial score (nSPS) is 25.2. The first kappa shape index (κ1) is 13.3. The molecule has 1 atom stereocenters. The van der Waals surface area contributed by atoms with Gasteiger partial charge in [-0.15, -0.1) is 0 Å². The number of esters is 1. The van der Waals surface area contributed by atoms with Crippen molar-refractivity contribution in [3.8, 4) is 0 Å². The lowest BCUT2D eigenvalue weighted by molar-refractivity contribution is -0.147. The van der Waals surface area contributed by atoms with Crippen molar-refractivity contribution in [2.24, 2.45) is 0 Å². The van der Waals surface area contributed by atoms with Gasteiger partial charge >= 0.3 is 11.9 Å². The van der Waals surface area contributed by atoms with Gasteiger partial charge in [0.2, 0.25) is 0 Å². The molecule has 1 saturated heterocycles. The fourth-order valence-corrected chi connectivity index (χ4v) is 2.81. The van der Waals surface area contributed by atoms with Crippen LogP contribution in [0.25, 0.3) is 0 Å². The molecule has 0 aromatic heterocycles. The maximum absolute atomic E-state index is 14.5. The van der Waals surface area contributed by atoms with Crippen LogP contribution in [0.3, 0.4) is 0 Å². The molecule has 0 amide bonds. The van der Waals surface area contributed by atoms with E-state index in [0.717, 1.165) is 0 Å². The van der Waals surface area contributed by atoms with E-state index < -0.39 is 23.7 Å². The predicted molar refractivity (Wildman–Crippen MR) is 68.0 cm³/mol. The maximum atomic E-state index is 14.5. The lowest BCUT2D eigenvalue weighted by atomic mass is 10.0. The molecule has 0 saturated carbocycles. The average molecular weight is 283 g/mol. The van der Waals surface area contributed by atoms with Crippen LogP contribution in [0.15, 0.2) is 18.2 Å². The first-order valence-corrected chi connectivity index (χ1v) is 6.31. The molecule has 1 aromatic rings. The molecule has 0 spiro atoms. The molecule has 1 fully saturated rings. The van der Waals surface area contributed by atoms with Gasteiger partial charge in [0.25, 0.3) is 0 Å². The number of halogens is 2. The van der Waals surface area contributed by atoms with Crippen LogP contribution < -0.4 is 4.90 Å². The Morgan fingerprint density at radius 1 is 1.45 bits per heavy atom. The van der Waals surface area contributed by atoms with Gasteiger partial charge in [-0.2, -0.15) is 8.78 Å². The topological polar surface area (TPSA) is 38.8 Å². The highest BCUT2D eigenvalue weighted by molar-refractivity contribution is 5.90. The van der Waals surface area contributed by atoms with E-state index in [4.69, 9.17) is 4.74 Å². The number of nitrogens with zero attached hydrogens (tertiary/aromatic N) is 1. The third kappa shape index (κ3) is 1.71. The van der Waals surface area contributed by atoms with Gasteiger partial charge in [0.1, 0.15) is 0 Å². The van der Waals surface area contributed by atoms with Crippen molar-refractivity contribution in [2.75, 3.05) is 18.6 Å². The van der Waals surface area contributed by atoms with Gasteiger partial charge in [0, 0.05) is 17.8 Å². The van der Waals surface area contributed by atoms with E-state index in [1.165, 1.54) is 25.3 Å². The molecule has 1 aromatic carbocycles. The van der Waals surface area contributed by atoms with Crippen molar-refractivity contribution >= 4 is 11.7 Å². The molecule has 2 heterocycles. The Morgan fingerprint density at radius 3 is 2.80 bits per heavy atom. The molecule has 0 aliphatic carbocycles. The number of anilines is 1. The van der Waals surface area contributed by atoms with Gasteiger partial charge in [-0.05, 0) is 32.0 Å². The highest BCUT2D eigenvalue weighted by Crippen LogP contribution is 2.52. The van der Waals surface area contributed by atoms with Crippen LogP contribution in [0, 0.1) is 0 Å². The van der Waals surface area contributed by atoms with Crippen molar-refractivity contribution in [1.29, 1.82) is 0 Å². The zero-order valence-corrected chi connectivity index (χ0v) is 11.4. The highest BCUT2D eigenvalue weighted by atomic mass is 19.3. The smallest absolute Gasteiger partial charge is 0.337 e. The number of methoxy groups -OCH3 is 1. The maximum Gasteiger partial charge on any atom is 0.337 e. The SMILES string of the molecule is COC(=O)c1ccc2c(c1)C(F)(F)C1OC(C)(C)CN21. The molecular formula is C14H15F2NO3. The molecule has 20 heavy (non-hydrogen) atoms. The van der Waals surface area contributed by atoms with Gasteiger partial charge < -0.3 is 14.4 Å². The number of fused-ring (bicyclic) bond motifs is 3. The van der Waals surface area contributed by atoms with E-state index in [2.05, 4.69) is 4.74 Å². The van der Waals surface area contributed by atoms with Crippen LogP contribution in [0.5, 0.6) is 0 Å². The summed E-state index contributed by atoms with van der Waals surface area (Å²) < 4.78 is 38.9. The van der Waals surface area contributed by atoms with Crippen molar-refractivity contribution < 1.29 is 23.0 Å². The Balaban J connectivity index is 2.08. The number of carbonyl (C=O) groups is 1. The van der Waals surface area contributed by atoms with Gasteiger partial charge in [0.05, 0.1) is 18.3 Å². The molecular weight excluding hydrogens is 268 g/mol. The molecule has 0 N–H and O–H groups in total. The molecule has 2 aliphatic rings. The number of alkyl halides is 2. The molecule has 4 nitrogen and oxygen atoms in total. The molecule has 0 bridgehead atoms. The number of benzene rings is 1. The van der Waals surface area contributed by atoms with Gasteiger partial charge in [0.15, 0.2) is 6.23 Å². The van der Waals surface area contributed by atoms with Gasteiger partial charge in [-0.1, -0.05) is 0 Å². The summed E-state index contributed by atoms with van der Waals surface area (Å²) in [6.45, 7) is 3.95. The second kappa shape index (κ2) is 3.91. The van der Waals surface area contributed by atoms with Crippen LogP contribution in [-0.4, -0.2) is 31.5 Å². The number of carbonyl (C=O) groups excluding carboxylic acids is 1. The van der Waals surface area contributed by atoms with Crippen LogP contribution in [0.4, 0.5) is 14.5 Å². The molecule has 108 valence electrons. The monoisotopic (exact) mass is 283 g/mol. The van der Waals surface area contributed by atoms with Crippen LogP contribution >= 0.6 is 0 Å². The largest absolute Gasteiger partial charge is 0.465 e. The number of hydrogen-bond acceptors (Lipinski definition) is 4. The van der Waals surface area contributed by atoms with Crippen LogP contribution in [0.1, 0.15) is 29.8 Å². The Hall–Kier alpha value is -1.69. The minimum atomic E-state index is -3.15. The van der Waals surface area contributed by atoms with E-state index in [9.17, 15) is 13.6 Å². The van der Waals surface area contributed by atoms with Crippen molar-refractivity contribution in [3.05, 3.63) is 29.3 Å². The molecule has 1 unspecified atom stereocenters. The summed E-state index contributed by atoms with van der Waals surface area (Å²) in [6.07, 6.45) is -1.31. The van der Waals surface area contributed by atoms with Crippen molar-refractivity contribution in [2.45, 2.75) is 31.6 Å². The van der Waals surface area contributed by atoms with Gasteiger partial charge in [-0.25, -0.2) is 4.79 Å². The zero-order valence-electron chi connectivity index (χ0n) is 11.4. The van der Waals surface area contributed by atoms with Crippen LogP contribution in [0.2, 0.25) is 0 Å². The van der Waals surface area contributed by atoms with Crippen molar-refractivity contribution in [3.63, 3.8) is 0 Å². The van der Waals surface area contributed by atoms with E-state index in [0.29, 0.717) is 12.2 Å². The Morgan fingerprint density at radius 2 is 2.15 bits per heavy atom. The fraction of sp³-hybridized carbons (Fsp3) is 0.500. The predicted octanol–water partition coefficient (Wildman–Crippen LogP) is 2.52. The third-order valence-corrected chi connectivity index (χ3v) is 3.66. The first-order valence-electron chi connectivity index (χ1n) is 6.31. The molecule has 6 heteroatoms. The lowest BCUT2D eigenvalue weighted by Gasteiger charge is -2.21. The number of rotatable bonds is 1. The summed E-state index contributed by atoms with van der Waals surface area (Å²) in [6, 6.07) is 4.21. The average Bonchev–Trinajstić information content (AvgIpc) is 2.81. The fourth-order valence-electron chi connectivity index (χ4n) is 2.81. The van der Waals surface area contributed by atoms with Crippen molar-refractivity contribution in [1.82, 2.24) is 0 Å². The van der Waals surface area contributed by atoms with Gasteiger partial charge in [-0.3, -0.25) is 0 Å². The van der Waals surface area contributed by atoms with Crippen LogP contribution in [-0.2, 0) is 15.4 Å². The summed E-state index contributed by atoms with van der Waals surface area (Å²) in [5.41, 5.74) is -0.266. The summed E-state index contributed by atoms with van der Waals surface area (Å²) in [7, 11) is 1.22. The first-order chi connectivity index (χ1) is 9.26. The van der Waals surface area contributed by atoms with E-state index in [1.807, 2.05) is 0 Å². The lowest BCUT2D eigenvalue weighted by Crippen LogP contribution is -2.35. The zero-order chi connectivity index (χ0) is 14.7. The Labute approximate surface area is 115 Å². The minimum Gasteiger partial charge on any atom is -0.465 e. The quantitative estimate of drug-likeness (QED) is 0.742. The third-order valence-electron chi connectivity index (χ3n) is 3.66. The summed E-state index contributed by atoms with van der Waals surface area (Å²) >= 11 is 0. The minimum absolute atomic E-state index is 0.117. The summed E-state index contributed by atoms with van der Waals surface area (Å²) in [5, 5.41) is 0. The molecule has 2 aliphatic heterocycles. The standard InChI is InChI=1S/C14H15F2NO3/c1-13(2)7-17-10-5-4-8(11(18)19-3)6-9(10)14(15,16)12(17)20-13/h4-6,12H,7H2,1-3H3. The summed E-state index contributed by atoms with van der Waals surface area (Å²) in [4.78, 5) is 13.0. The van der Waals surface area contributed by atoms with E-state index in [1.54, 1.807) is 18.7 Å². The second-order valence-electron chi connectivity index (χ2n) is 5.70. The van der Waals surface area contributed by atoms with E-state index >= 15 is 0 Å². The Kier molecular flexibility index (Phi) is 2.60. The second-order valence-corrected chi connectivity index (χ2v) is 5.70. The van der Waals surface area contributed by atoms with E-state index in [-0.39, 0.29) is 11.1 Å². The molecule has 0 radical (unpaired) electrons. The molecule has 3 rings (SSSR count).